The summed E-state index contributed by atoms with van der Waals surface area (Å²) in [5.41, 5.74) is 1.47. The summed E-state index contributed by atoms with van der Waals surface area (Å²) in [4.78, 5) is 2.86. The van der Waals surface area contributed by atoms with Gasteiger partial charge >= 0.3 is 0 Å². The normalized spacial score (nSPS) is 15.5. The zero-order chi connectivity index (χ0) is 10.7. The van der Waals surface area contributed by atoms with Gasteiger partial charge in [0.25, 0.3) is 0 Å². The summed E-state index contributed by atoms with van der Waals surface area (Å²) in [6, 6.07) is 3.39. The van der Waals surface area contributed by atoms with Gasteiger partial charge in [-0.1, -0.05) is 6.92 Å². The van der Waals surface area contributed by atoms with Crippen molar-refractivity contribution in [1.29, 1.82) is 0 Å². The minimum absolute atomic E-state index is 0.481. The van der Waals surface area contributed by atoms with Crippen LogP contribution in [0, 0.1) is 13.8 Å². The number of rotatable bonds is 4. The molecule has 0 fully saturated rings. The Labute approximate surface area is 91.5 Å². The third kappa shape index (κ3) is 2.82. The second-order valence-electron chi connectivity index (χ2n) is 4.07. The summed E-state index contributed by atoms with van der Waals surface area (Å²) in [6.07, 6.45) is 1.19. The Morgan fingerprint density at radius 3 is 2.43 bits per heavy atom. The lowest BCUT2D eigenvalue weighted by atomic mass is 10.1. The van der Waals surface area contributed by atoms with Crippen molar-refractivity contribution in [1.82, 2.24) is 5.32 Å². The number of hydrogen-bond acceptors (Lipinski definition) is 2. The maximum atomic E-state index is 3.61. The minimum Gasteiger partial charge on any atom is -0.308 e. The molecule has 80 valence electrons. The standard InChI is InChI=1S/C12H21NS/c1-6-8(2)13-10(4)12-7-9(3)14-11(12)5/h7-8,10,13H,6H2,1-5H3. The van der Waals surface area contributed by atoms with E-state index >= 15 is 0 Å². The van der Waals surface area contributed by atoms with Crippen LogP contribution in [0.5, 0.6) is 0 Å². The molecule has 1 aromatic rings. The number of thiophene rings is 1. The van der Waals surface area contributed by atoms with Gasteiger partial charge in [0, 0.05) is 21.8 Å². The smallest absolute Gasteiger partial charge is 0.0305 e. The van der Waals surface area contributed by atoms with E-state index in [1.54, 1.807) is 0 Å². The van der Waals surface area contributed by atoms with Gasteiger partial charge < -0.3 is 5.32 Å². The first-order chi connectivity index (χ1) is 6.54. The fourth-order valence-electron chi connectivity index (χ4n) is 1.71. The molecular weight excluding hydrogens is 190 g/mol. The molecule has 2 heteroatoms. The van der Waals surface area contributed by atoms with Crippen molar-refractivity contribution in [2.24, 2.45) is 0 Å². The Morgan fingerprint density at radius 1 is 1.36 bits per heavy atom. The Kier molecular flexibility index (Phi) is 4.14. The van der Waals surface area contributed by atoms with Gasteiger partial charge in [-0.25, -0.2) is 0 Å². The minimum atomic E-state index is 0.481. The average molecular weight is 211 g/mol. The molecule has 1 heterocycles. The van der Waals surface area contributed by atoms with Gasteiger partial charge in [0.05, 0.1) is 0 Å². The molecule has 0 amide bonds. The predicted molar refractivity (Wildman–Crippen MR) is 65.1 cm³/mol. The molecule has 1 aromatic heterocycles. The highest BCUT2D eigenvalue weighted by Gasteiger charge is 2.12. The fraction of sp³-hybridized carbons (Fsp3) is 0.667. The van der Waals surface area contributed by atoms with E-state index in [1.807, 2.05) is 11.3 Å². The van der Waals surface area contributed by atoms with Gasteiger partial charge in [-0.05, 0) is 45.7 Å². The molecule has 1 N–H and O–H groups in total. The van der Waals surface area contributed by atoms with Crippen molar-refractivity contribution in [2.75, 3.05) is 0 Å². The van der Waals surface area contributed by atoms with Crippen molar-refractivity contribution >= 4 is 11.3 Å². The van der Waals surface area contributed by atoms with E-state index < -0.39 is 0 Å². The van der Waals surface area contributed by atoms with Gasteiger partial charge in [0.1, 0.15) is 0 Å². The summed E-state index contributed by atoms with van der Waals surface area (Å²) >= 11 is 1.89. The van der Waals surface area contributed by atoms with Crippen LogP contribution in [-0.2, 0) is 0 Å². The van der Waals surface area contributed by atoms with E-state index in [9.17, 15) is 0 Å². The SMILES string of the molecule is CCC(C)NC(C)c1cc(C)sc1C. The third-order valence-electron chi connectivity index (χ3n) is 2.69. The van der Waals surface area contributed by atoms with Crippen LogP contribution in [0.4, 0.5) is 0 Å². The molecule has 0 radical (unpaired) electrons. The van der Waals surface area contributed by atoms with Crippen LogP contribution in [0.2, 0.25) is 0 Å². The second-order valence-corrected chi connectivity index (χ2v) is 5.53. The second kappa shape index (κ2) is 4.94. The lowest BCUT2D eigenvalue weighted by Gasteiger charge is -2.18. The third-order valence-corrected chi connectivity index (χ3v) is 3.67. The van der Waals surface area contributed by atoms with Crippen LogP contribution in [-0.4, -0.2) is 6.04 Å². The first kappa shape index (κ1) is 11.7. The zero-order valence-electron chi connectivity index (χ0n) is 9.85. The van der Waals surface area contributed by atoms with Crippen molar-refractivity contribution in [2.45, 2.75) is 53.1 Å². The molecule has 0 aliphatic heterocycles. The van der Waals surface area contributed by atoms with Crippen molar-refractivity contribution in [3.63, 3.8) is 0 Å². The fourth-order valence-corrected chi connectivity index (χ4v) is 2.74. The van der Waals surface area contributed by atoms with Crippen LogP contribution in [0.1, 0.15) is 48.6 Å². The molecule has 2 unspecified atom stereocenters. The zero-order valence-corrected chi connectivity index (χ0v) is 10.7. The lowest BCUT2D eigenvalue weighted by Crippen LogP contribution is -2.28. The van der Waals surface area contributed by atoms with E-state index in [0.29, 0.717) is 12.1 Å². The Hall–Kier alpha value is -0.340. The van der Waals surface area contributed by atoms with Crippen LogP contribution < -0.4 is 5.32 Å². The highest BCUT2D eigenvalue weighted by Crippen LogP contribution is 2.26. The molecule has 0 saturated carbocycles. The predicted octanol–water partition coefficient (Wildman–Crippen LogP) is 3.81. The van der Waals surface area contributed by atoms with E-state index in [4.69, 9.17) is 0 Å². The Bertz CT molecular complexity index is 291. The first-order valence-electron chi connectivity index (χ1n) is 5.37. The van der Waals surface area contributed by atoms with Crippen LogP contribution in [0.25, 0.3) is 0 Å². The first-order valence-corrected chi connectivity index (χ1v) is 6.19. The summed E-state index contributed by atoms with van der Waals surface area (Å²) in [6.45, 7) is 11.1. The topological polar surface area (TPSA) is 12.0 Å². The molecule has 0 spiro atoms. The van der Waals surface area contributed by atoms with E-state index in [0.717, 1.165) is 0 Å². The highest BCUT2D eigenvalue weighted by molar-refractivity contribution is 7.12. The molecular formula is C12H21NS. The monoisotopic (exact) mass is 211 g/mol. The van der Waals surface area contributed by atoms with Crippen molar-refractivity contribution in [3.05, 3.63) is 21.4 Å². The molecule has 1 nitrogen and oxygen atoms in total. The number of aryl methyl sites for hydroxylation is 2. The number of hydrogen-bond donors (Lipinski definition) is 1. The Balaban J connectivity index is 2.69. The van der Waals surface area contributed by atoms with Gasteiger partial charge in [-0.15, -0.1) is 11.3 Å². The molecule has 0 aromatic carbocycles. The van der Waals surface area contributed by atoms with Crippen molar-refractivity contribution < 1.29 is 0 Å². The molecule has 0 saturated heterocycles. The summed E-state index contributed by atoms with van der Waals surface area (Å²) in [5.74, 6) is 0. The molecule has 0 bridgehead atoms. The van der Waals surface area contributed by atoms with Gasteiger partial charge in [-0.3, -0.25) is 0 Å². The summed E-state index contributed by atoms with van der Waals surface area (Å²) in [5, 5.41) is 3.61. The molecule has 0 aliphatic carbocycles. The molecule has 0 aliphatic rings. The van der Waals surface area contributed by atoms with Crippen LogP contribution in [0.15, 0.2) is 6.07 Å². The van der Waals surface area contributed by atoms with E-state index in [1.165, 1.54) is 21.7 Å². The summed E-state index contributed by atoms with van der Waals surface area (Å²) in [7, 11) is 0. The van der Waals surface area contributed by atoms with Gasteiger partial charge in [-0.2, -0.15) is 0 Å². The maximum absolute atomic E-state index is 3.61. The quantitative estimate of drug-likeness (QED) is 0.798. The van der Waals surface area contributed by atoms with Crippen molar-refractivity contribution in [3.8, 4) is 0 Å². The van der Waals surface area contributed by atoms with E-state index in [-0.39, 0.29) is 0 Å². The molecule has 14 heavy (non-hydrogen) atoms. The molecule has 2 atom stereocenters. The summed E-state index contributed by atoms with van der Waals surface area (Å²) < 4.78 is 0. The maximum Gasteiger partial charge on any atom is 0.0305 e. The van der Waals surface area contributed by atoms with Gasteiger partial charge in [0.2, 0.25) is 0 Å². The lowest BCUT2D eigenvalue weighted by molar-refractivity contribution is 0.469. The average Bonchev–Trinajstić information content (AvgIpc) is 2.45. The molecule has 1 rings (SSSR count). The van der Waals surface area contributed by atoms with E-state index in [2.05, 4.69) is 46.0 Å². The number of nitrogens with one attached hydrogen (secondary N) is 1. The van der Waals surface area contributed by atoms with Crippen LogP contribution >= 0.6 is 11.3 Å². The Morgan fingerprint density at radius 2 is 2.00 bits per heavy atom. The largest absolute Gasteiger partial charge is 0.308 e. The van der Waals surface area contributed by atoms with Crippen LogP contribution in [0.3, 0.4) is 0 Å². The highest BCUT2D eigenvalue weighted by atomic mass is 32.1. The van der Waals surface area contributed by atoms with Gasteiger partial charge in [0.15, 0.2) is 0 Å².